The van der Waals surface area contributed by atoms with Crippen LogP contribution < -0.4 is 14.5 Å². The first-order chi connectivity index (χ1) is 20.9. The number of hydrogen-bond acceptors (Lipinski definition) is 7. The molecule has 3 heterocycles. The SMILES string of the molecule is [C-]#[N+]C[C@H]1CN(c2nc(O[C@@H]3CC[C@@H]3CN(C)C)nc3c2CCN(c2cccc4cccc(C)c24)C3)CCN1C(=O)C=C. The fraction of sp³-hybridized carbons (Fsp3) is 0.471. The van der Waals surface area contributed by atoms with E-state index < -0.39 is 0 Å². The van der Waals surface area contributed by atoms with Crippen molar-refractivity contribution in [2.24, 2.45) is 5.92 Å². The van der Waals surface area contributed by atoms with Crippen molar-refractivity contribution in [1.29, 1.82) is 0 Å². The number of nitrogens with zero attached hydrogens (tertiary/aromatic N) is 7. The highest BCUT2D eigenvalue weighted by Gasteiger charge is 2.37. The van der Waals surface area contributed by atoms with Crippen molar-refractivity contribution in [2.75, 3.05) is 63.2 Å². The van der Waals surface area contributed by atoms with Crippen LogP contribution in [0, 0.1) is 19.4 Å². The minimum Gasteiger partial charge on any atom is -0.460 e. The molecule has 1 saturated carbocycles. The van der Waals surface area contributed by atoms with E-state index in [9.17, 15) is 4.79 Å². The molecule has 0 N–H and O–H groups in total. The van der Waals surface area contributed by atoms with E-state index in [2.05, 4.69) is 83.5 Å². The number of anilines is 2. The van der Waals surface area contributed by atoms with Crippen LogP contribution in [-0.4, -0.2) is 91.2 Å². The van der Waals surface area contributed by atoms with Gasteiger partial charge in [-0.3, -0.25) is 4.79 Å². The predicted octanol–water partition coefficient (Wildman–Crippen LogP) is 4.34. The Labute approximate surface area is 254 Å². The molecule has 0 radical (unpaired) electrons. The van der Waals surface area contributed by atoms with Gasteiger partial charge in [-0.1, -0.05) is 36.9 Å². The summed E-state index contributed by atoms with van der Waals surface area (Å²) in [6, 6.07) is 13.2. The van der Waals surface area contributed by atoms with E-state index in [-0.39, 0.29) is 24.6 Å². The van der Waals surface area contributed by atoms with Gasteiger partial charge < -0.3 is 29.2 Å². The lowest BCUT2D eigenvalue weighted by atomic mass is 9.81. The van der Waals surface area contributed by atoms with Crippen LogP contribution in [0.2, 0.25) is 0 Å². The third-order valence-corrected chi connectivity index (χ3v) is 9.20. The number of fused-ring (bicyclic) bond motifs is 2. The first-order valence-electron chi connectivity index (χ1n) is 15.3. The van der Waals surface area contributed by atoms with Crippen molar-refractivity contribution in [3.63, 3.8) is 0 Å². The second-order valence-corrected chi connectivity index (χ2v) is 12.3. The Hall–Kier alpha value is -4.16. The van der Waals surface area contributed by atoms with E-state index in [1.54, 1.807) is 4.90 Å². The van der Waals surface area contributed by atoms with E-state index in [1.807, 2.05) is 0 Å². The Morgan fingerprint density at radius 3 is 2.67 bits per heavy atom. The Morgan fingerprint density at radius 1 is 1.14 bits per heavy atom. The van der Waals surface area contributed by atoms with Gasteiger partial charge in [-0.15, -0.1) is 0 Å². The molecule has 2 aromatic carbocycles. The van der Waals surface area contributed by atoms with Crippen LogP contribution in [0.3, 0.4) is 0 Å². The van der Waals surface area contributed by atoms with Crippen LogP contribution >= 0.6 is 0 Å². The normalized spacial score (nSPS) is 21.7. The average molecular weight is 580 g/mol. The molecular formula is C34H41N7O2. The van der Waals surface area contributed by atoms with Gasteiger partial charge >= 0.3 is 6.01 Å². The molecule has 0 unspecified atom stereocenters. The zero-order valence-corrected chi connectivity index (χ0v) is 25.5. The molecule has 43 heavy (non-hydrogen) atoms. The maximum absolute atomic E-state index is 12.6. The zero-order valence-electron chi connectivity index (χ0n) is 25.5. The highest BCUT2D eigenvalue weighted by Crippen LogP contribution is 2.37. The first-order valence-corrected chi connectivity index (χ1v) is 15.3. The lowest BCUT2D eigenvalue weighted by molar-refractivity contribution is -0.128. The molecule has 9 nitrogen and oxygen atoms in total. The molecule has 2 fully saturated rings. The van der Waals surface area contributed by atoms with E-state index in [1.165, 1.54) is 28.1 Å². The van der Waals surface area contributed by atoms with Crippen LogP contribution in [-0.2, 0) is 17.8 Å². The third-order valence-electron chi connectivity index (χ3n) is 9.20. The second kappa shape index (κ2) is 12.2. The lowest BCUT2D eigenvalue weighted by Gasteiger charge is -2.41. The Morgan fingerprint density at radius 2 is 1.95 bits per heavy atom. The molecule has 224 valence electrons. The van der Waals surface area contributed by atoms with Crippen molar-refractivity contribution in [3.8, 4) is 6.01 Å². The van der Waals surface area contributed by atoms with Gasteiger partial charge in [0.15, 0.2) is 0 Å². The summed E-state index contributed by atoms with van der Waals surface area (Å²) in [6.07, 6.45) is 4.40. The second-order valence-electron chi connectivity index (χ2n) is 12.3. The van der Waals surface area contributed by atoms with Crippen LogP contribution in [0.25, 0.3) is 15.6 Å². The Balaban J connectivity index is 1.35. The number of hydrogen-bond donors (Lipinski definition) is 0. The fourth-order valence-electron chi connectivity index (χ4n) is 6.90. The summed E-state index contributed by atoms with van der Waals surface area (Å²) >= 11 is 0. The fourth-order valence-corrected chi connectivity index (χ4v) is 6.90. The molecule has 3 atom stereocenters. The average Bonchev–Trinajstić information content (AvgIpc) is 3.01. The summed E-state index contributed by atoms with van der Waals surface area (Å²) in [6.45, 7) is 17.8. The number of carbonyl (C=O) groups excluding carboxylic acids is 1. The van der Waals surface area contributed by atoms with Crippen molar-refractivity contribution in [2.45, 2.75) is 44.9 Å². The van der Waals surface area contributed by atoms with Crippen molar-refractivity contribution < 1.29 is 9.53 Å². The van der Waals surface area contributed by atoms with Gasteiger partial charge in [0.25, 0.3) is 0 Å². The molecule has 1 amide bonds. The van der Waals surface area contributed by atoms with Crippen LogP contribution in [0.4, 0.5) is 11.5 Å². The predicted molar refractivity (Wildman–Crippen MR) is 171 cm³/mol. The molecule has 0 spiro atoms. The molecular weight excluding hydrogens is 538 g/mol. The topological polar surface area (TPSA) is 69.4 Å². The lowest BCUT2D eigenvalue weighted by Crippen LogP contribution is -2.56. The van der Waals surface area contributed by atoms with Crippen molar-refractivity contribution in [1.82, 2.24) is 19.8 Å². The molecule has 2 aliphatic heterocycles. The minimum atomic E-state index is -0.221. The Kier molecular flexibility index (Phi) is 8.22. The first kappa shape index (κ1) is 28.9. The van der Waals surface area contributed by atoms with Crippen molar-refractivity contribution in [3.05, 3.63) is 77.3 Å². The highest BCUT2D eigenvalue weighted by molar-refractivity contribution is 5.97. The molecule has 1 saturated heterocycles. The molecule has 6 rings (SSSR count). The van der Waals surface area contributed by atoms with Crippen LogP contribution in [0.1, 0.15) is 29.7 Å². The zero-order chi connectivity index (χ0) is 30.1. The summed E-state index contributed by atoms with van der Waals surface area (Å²) in [5, 5.41) is 2.52. The summed E-state index contributed by atoms with van der Waals surface area (Å²) in [7, 11) is 4.20. The molecule has 3 aliphatic rings. The maximum Gasteiger partial charge on any atom is 0.318 e. The summed E-state index contributed by atoms with van der Waals surface area (Å²) < 4.78 is 6.52. The molecule has 1 aliphatic carbocycles. The Bertz CT molecular complexity index is 1560. The third kappa shape index (κ3) is 5.76. The minimum absolute atomic E-state index is 0.102. The van der Waals surface area contributed by atoms with E-state index >= 15 is 0 Å². The number of carbonyl (C=O) groups is 1. The number of ether oxygens (including phenoxy) is 1. The van der Waals surface area contributed by atoms with E-state index in [0.29, 0.717) is 38.1 Å². The molecule has 1 aromatic heterocycles. The number of rotatable bonds is 8. The number of aryl methyl sites for hydroxylation is 1. The number of benzene rings is 2. The van der Waals surface area contributed by atoms with Gasteiger partial charge in [-0.25, -0.2) is 6.57 Å². The monoisotopic (exact) mass is 579 g/mol. The standard InChI is InChI=1S/C34H41N7O2/c1-6-31(42)41-18-17-40(21-26(41)19-35-3)33-27-15-16-39(29-12-8-11-24-10-7-9-23(2)32(24)29)22-28(27)36-34(37-33)43-30-14-13-25(30)20-38(4)5/h6-12,25-26,30H,1,13-22H2,2,4-5H3/t25-,26+,30-/m1/s1. The number of piperazine rings is 1. The van der Waals surface area contributed by atoms with Crippen LogP contribution in [0.15, 0.2) is 49.1 Å². The van der Waals surface area contributed by atoms with E-state index in [0.717, 1.165) is 49.4 Å². The van der Waals surface area contributed by atoms with Gasteiger partial charge in [0, 0.05) is 55.3 Å². The van der Waals surface area contributed by atoms with Crippen LogP contribution in [0.5, 0.6) is 6.01 Å². The summed E-state index contributed by atoms with van der Waals surface area (Å²) in [4.78, 5) is 35.0. The maximum atomic E-state index is 12.6. The quantitative estimate of drug-likeness (QED) is 0.291. The molecule has 0 bridgehead atoms. The summed E-state index contributed by atoms with van der Waals surface area (Å²) in [5.74, 6) is 1.22. The number of aromatic nitrogens is 2. The van der Waals surface area contributed by atoms with Gasteiger partial charge in [-0.2, -0.15) is 9.97 Å². The molecule has 9 heteroatoms. The highest BCUT2D eigenvalue weighted by atomic mass is 16.5. The van der Waals surface area contributed by atoms with E-state index in [4.69, 9.17) is 21.3 Å². The van der Waals surface area contributed by atoms with Gasteiger partial charge in [-0.05, 0) is 63.4 Å². The van der Waals surface area contributed by atoms with Gasteiger partial charge in [0.05, 0.1) is 12.2 Å². The smallest absolute Gasteiger partial charge is 0.318 e. The molecule has 3 aromatic rings. The van der Waals surface area contributed by atoms with Crippen molar-refractivity contribution >= 4 is 28.2 Å². The summed E-state index contributed by atoms with van der Waals surface area (Å²) in [5.41, 5.74) is 4.62. The number of amides is 1. The van der Waals surface area contributed by atoms with Gasteiger partial charge in [0.2, 0.25) is 12.5 Å². The van der Waals surface area contributed by atoms with Gasteiger partial charge in [0.1, 0.15) is 18.0 Å². The largest absolute Gasteiger partial charge is 0.460 e.